The zero-order valence-electron chi connectivity index (χ0n) is 10.4. The molecule has 18 heavy (non-hydrogen) atoms. The van der Waals surface area contributed by atoms with Gasteiger partial charge in [-0.25, -0.2) is 0 Å². The second-order valence-corrected chi connectivity index (χ2v) is 4.69. The van der Waals surface area contributed by atoms with Gasteiger partial charge in [-0.2, -0.15) is 0 Å². The van der Waals surface area contributed by atoms with E-state index < -0.39 is 5.75 Å². The monoisotopic (exact) mass is 253 g/mol. The Morgan fingerprint density at radius 2 is 2.00 bits per heavy atom. The smallest absolute Gasteiger partial charge is 0.200 e. The largest absolute Gasteiger partial charge is 0.504 e. The van der Waals surface area contributed by atoms with Crippen LogP contribution >= 0.6 is 0 Å². The Balaban J connectivity index is 1.93. The number of phenolic OH excluding ortho intramolecular Hbond substituents is 3. The molecule has 0 radical (unpaired) electrons. The number of hydrogen-bond donors (Lipinski definition) is 4. The SMILES string of the molecule is COC1CCC(NCc2ccc(O)c(O)c2O)C1. The third-order valence-electron chi connectivity index (χ3n) is 3.51. The fourth-order valence-electron chi connectivity index (χ4n) is 2.35. The van der Waals surface area contributed by atoms with Gasteiger partial charge >= 0.3 is 0 Å². The Morgan fingerprint density at radius 3 is 2.67 bits per heavy atom. The molecule has 1 aliphatic carbocycles. The molecule has 0 amide bonds. The summed E-state index contributed by atoms with van der Waals surface area (Å²) in [6.45, 7) is 0.459. The van der Waals surface area contributed by atoms with Crippen LogP contribution in [0.25, 0.3) is 0 Å². The molecule has 0 aliphatic heterocycles. The Hall–Kier alpha value is -1.46. The minimum Gasteiger partial charge on any atom is -0.504 e. The Bertz CT molecular complexity index is 422. The van der Waals surface area contributed by atoms with Crippen molar-refractivity contribution in [2.45, 2.75) is 38.0 Å². The normalized spacial score (nSPS) is 23.4. The molecular formula is C13H19NO4. The van der Waals surface area contributed by atoms with E-state index in [2.05, 4.69) is 5.32 Å². The first-order valence-corrected chi connectivity index (χ1v) is 6.10. The summed E-state index contributed by atoms with van der Waals surface area (Å²) in [6.07, 6.45) is 3.36. The number of ether oxygens (including phenoxy) is 1. The van der Waals surface area contributed by atoms with Gasteiger partial charge in [-0.15, -0.1) is 0 Å². The maximum absolute atomic E-state index is 9.68. The van der Waals surface area contributed by atoms with Crippen LogP contribution in [0.4, 0.5) is 0 Å². The number of hydrogen-bond acceptors (Lipinski definition) is 5. The Labute approximate surface area is 106 Å². The summed E-state index contributed by atoms with van der Waals surface area (Å²) in [6, 6.07) is 3.34. The van der Waals surface area contributed by atoms with Crippen molar-refractivity contribution in [2.24, 2.45) is 0 Å². The third-order valence-corrected chi connectivity index (χ3v) is 3.51. The van der Waals surface area contributed by atoms with Crippen molar-refractivity contribution in [3.05, 3.63) is 17.7 Å². The summed E-state index contributed by atoms with van der Waals surface area (Å²) in [5.74, 6) is -1.03. The summed E-state index contributed by atoms with van der Waals surface area (Å²) in [7, 11) is 1.72. The van der Waals surface area contributed by atoms with E-state index in [1.807, 2.05) is 0 Å². The first-order chi connectivity index (χ1) is 8.61. The fraction of sp³-hybridized carbons (Fsp3) is 0.538. The summed E-state index contributed by atoms with van der Waals surface area (Å²) < 4.78 is 5.29. The molecule has 1 aliphatic rings. The topological polar surface area (TPSA) is 82.0 Å². The van der Waals surface area contributed by atoms with Crippen LogP contribution < -0.4 is 5.32 Å². The van der Waals surface area contributed by atoms with Crippen LogP contribution in [0.15, 0.2) is 12.1 Å². The lowest BCUT2D eigenvalue weighted by Crippen LogP contribution is -2.26. The van der Waals surface area contributed by atoms with Crippen LogP contribution in [-0.2, 0) is 11.3 Å². The average molecular weight is 253 g/mol. The maximum Gasteiger partial charge on any atom is 0.200 e. The zero-order valence-corrected chi connectivity index (χ0v) is 10.4. The van der Waals surface area contributed by atoms with Gasteiger partial charge in [0.2, 0.25) is 5.75 Å². The molecule has 1 saturated carbocycles. The molecule has 2 unspecified atom stereocenters. The predicted octanol–water partition coefficient (Wildman–Crippen LogP) is 1.46. The standard InChI is InChI=1S/C13H19NO4/c1-18-10-4-3-9(6-10)14-7-8-2-5-11(15)13(17)12(8)16/h2,5,9-10,14-17H,3-4,6-7H2,1H3. The van der Waals surface area contributed by atoms with Gasteiger partial charge in [-0.3, -0.25) is 0 Å². The van der Waals surface area contributed by atoms with Crippen LogP contribution in [-0.4, -0.2) is 34.6 Å². The minimum absolute atomic E-state index is 0.260. The van der Waals surface area contributed by atoms with Crippen molar-refractivity contribution in [1.29, 1.82) is 0 Å². The molecule has 0 heterocycles. The molecule has 5 heteroatoms. The van der Waals surface area contributed by atoms with Crippen LogP contribution in [0.1, 0.15) is 24.8 Å². The van der Waals surface area contributed by atoms with Gasteiger partial charge in [-0.05, 0) is 25.3 Å². The second kappa shape index (κ2) is 5.46. The fourth-order valence-corrected chi connectivity index (χ4v) is 2.35. The van der Waals surface area contributed by atoms with Gasteiger partial charge in [0.25, 0.3) is 0 Å². The number of phenols is 3. The molecule has 0 bridgehead atoms. The van der Waals surface area contributed by atoms with E-state index in [9.17, 15) is 15.3 Å². The van der Waals surface area contributed by atoms with Crippen LogP contribution in [0.5, 0.6) is 17.2 Å². The van der Waals surface area contributed by atoms with Gasteiger partial charge in [0.1, 0.15) is 0 Å². The number of nitrogens with one attached hydrogen (secondary N) is 1. The first-order valence-electron chi connectivity index (χ1n) is 6.10. The highest BCUT2D eigenvalue weighted by Gasteiger charge is 2.24. The second-order valence-electron chi connectivity index (χ2n) is 4.69. The van der Waals surface area contributed by atoms with Gasteiger partial charge in [0.05, 0.1) is 6.10 Å². The molecule has 100 valence electrons. The van der Waals surface area contributed by atoms with Gasteiger partial charge in [0, 0.05) is 25.3 Å². The first kappa shape index (κ1) is 13.0. The molecule has 1 aromatic rings. The highest BCUT2D eigenvalue weighted by Crippen LogP contribution is 2.37. The highest BCUT2D eigenvalue weighted by atomic mass is 16.5. The van der Waals surface area contributed by atoms with E-state index in [0.29, 0.717) is 24.3 Å². The quantitative estimate of drug-likeness (QED) is 0.611. The minimum atomic E-state index is -0.463. The van der Waals surface area contributed by atoms with Crippen molar-refractivity contribution < 1.29 is 20.1 Å². The molecular weight excluding hydrogens is 234 g/mol. The van der Waals surface area contributed by atoms with Crippen molar-refractivity contribution in [3.8, 4) is 17.2 Å². The van der Waals surface area contributed by atoms with Crippen molar-refractivity contribution in [2.75, 3.05) is 7.11 Å². The summed E-state index contributed by atoms with van der Waals surface area (Å²) in [5, 5.41) is 31.6. The average Bonchev–Trinajstić information content (AvgIpc) is 2.83. The molecule has 1 aromatic carbocycles. The highest BCUT2D eigenvalue weighted by molar-refractivity contribution is 5.53. The number of benzene rings is 1. The van der Waals surface area contributed by atoms with E-state index in [1.165, 1.54) is 6.07 Å². The summed E-state index contributed by atoms with van der Waals surface area (Å²) in [5.41, 5.74) is 0.575. The van der Waals surface area contributed by atoms with Gasteiger partial charge < -0.3 is 25.4 Å². The van der Waals surface area contributed by atoms with Gasteiger partial charge in [-0.1, -0.05) is 6.07 Å². The van der Waals surface area contributed by atoms with Crippen molar-refractivity contribution in [3.63, 3.8) is 0 Å². The number of aromatic hydroxyl groups is 3. The predicted molar refractivity (Wildman–Crippen MR) is 66.7 cm³/mol. The van der Waals surface area contributed by atoms with Crippen LogP contribution in [0, 0.1) is 0 Å². The maximum atomic E-state index is 9.68. The van der Waals surface area contributed by atoms with Crippen molar-refractivity contribution >= 4 is 0 Å². The summed E-state index contributed by atoms with van der Waals surface area (Å²) >= 11 is 0. The lowest BCUT2D eigenvalue weighted by atomic mass is 10.1. The molecule has 5 nitrogen and oxygen atoms in total. The van der Waals surface area contributed by atoms with E-state index in [1.54, 1.807) is 13.2 Å². The molecule has 0 saturated heterocycles. The van der Waals surface area contributed by atoms with Crippen molar-refractivity contribution in [1.82, 2.24) is 5.32 Å². The lowest BCUT2D eigenvalue weighted by molar-refractivity contribution is 0.107. The lowest BCUT2D eigenvalue weighted by Gasteiger charge is -2.14. The van der Waals surface area contributed by atoms with E-state index in [0.717, 1.165) is 19.3 Å². The van der Waals surface area contributed by atoms with Crippen LogP contribution in [0.2, 0.25) is 0 Å². The van der Waals surface area contributed by atoms with Gasteiger partial charge in [0.15, 0.2) is 11.5 Å². The van der Waals surface area contributed by atoms with E-state index in [-0.39, 0.29) is 11.5 Å². The molecule has 0 spiro atoms. The third kappa shape index (κ3) is 2.68. The Morgan fingerprint density at radius 1 is 1.22 bits per heavy atom. The molecule has 2 atom stereocenters. The van der Waals surface area contributed by atoms with E-state index in [4.69, 9.17) is 4.74 Å². The molecule has 1 fully saturated rings. The molecule has 0 aromatic heterocycles. The van der Waals surface area contributed by atoms with E-state index >= 15 is 0 Å². The summed E-state index contributed by atoms with van der Waals surface area (Å²) in [4.78, 5) is 0. The van der Waals surface area contributed by atoms with Crippen LogP contribution in [0.3, 0.4) is 0 Å². The molecule has 2 rings (SSSR count). The number of methoxy groups -OCH3 is 1. The Kier molecular flexibility index (Phi) is 3.93. The molecule has 4 N–H and O–H groups in total. The zero-order chi connectivity index (χ0) is 13.1. The number of rotatable bonds is 4.